The highest BCUT2D eigenvalue weighted by Gasteiger charge is 2.08. The Kier molecular flexibility index (Phi) is 4.80. The number of benzene rings is 2. The van der Waals surface area contributed by atoms with Gasteiger partial charge in [-0.15, -0.1) is 0 Å². The molecule has 1 atom stereocenters. The molecule has 0 bridgehead atoms. The molecule has 0 radical (unpaired) electrons. The van der Waals surface area contributed by atoms with Gasteiger partial charge in [0.05, 0.1) is 16.8 Å². The first-order valence-electron chi connectivity index (χ1n) is 5.69. The van der Waals surface area contributed by atoms with Gasteiger partial charge in [0.15, 0.2) is 0 Å². The zero-order chi connectivity index (χ0) is 13.8. The van der Waals surface area contributed by atoms with Crippen LogP contribution in [0.25, 0.3) is 0 Å². The fourth-order valence-electron chi connectivity index (χ4n) is 1.64. The van der Waals surface area contributed by atoms with Crippen LogP contribution in [0.15, 0.2) is 46.9 Å². The van der Waals surface area contributed by atoms with E-state index in [0.29, 0.717) is 17.1 Å². The maximum absolute atomic E-state index is 12.8. The number of halogens is 3. The normalized spacial score (nSPS) is 12.2. The van der Waals surface area contributed by atoms with E-state index < -0.39 is 6.10 Å². The predicted molar refractivity (Wildman–Crippen MR) is 79.0 cm³/mol. The molecule has 0 saturated carbocycles. The molecule has 2 rings (SSSR count). The van der Waals surface area contributed by atoms with Gasteiger partial charge in [0.25, 0.3) is 0 Å². The molecule has 100 valence electrons. The molecule has 0 amide bonds. The van der Waals surface area contributed by atoms with E-state index in [9.17, 15) is 9.50 Å². The Balaban J connectivity index is 2.02. The number of aliphatic hydroxyl groups excluding tert-OH is 1. The van der Waals surface area contributed by atoms with Crippen molar-refractivity contribution in [2.75, 3.05) is 11.9 Å². The monoisotopic (exact) mass is 343 g/mol. The second-order valence-electron chi connectivity index (χ2n) is 4.07. The molecular weight excluding hydrogens is 333 g/mol. The minimum atomic E-state index is -0.726. The van der Waals surface area contributed by atoms with Gasteiger partial charge in [0, 0.05) is 11.0 Å². The second-order valence-corrected chi connectivity index (χ2v) is 5.40. The Morgan fingerprint density at radius 3 is 2.58 bits per heavy atom. The molecule has 2 N–H and O–H groups in total. The van der Waals surface area contributed by atoms with Gasteiger partial charge in [0.1, 0.15) is 5.82 Å². The summed E-state index contributed by atoms with van der Waals surface area (Å²) in [5.41, 5.74) is 1.39. The molecule has 0 aliphatic heterocycles. The number of aliphatic hydroxyl groups is 1. The average molecular weight is 345 g/mol. The van der Waals surface area contributed by atoms with Gasteiger partial charge in [0.2, 0.25) is 0 Å². The van der Waals surface area contributed by atoms with Gasteiger partial charge in [-0.05, 0) is 35.9 Å². The molecule has 0 aromatic heterocycles. The second kappa shape index (κ2) is 6.37. The maximum atomic E-state index is 12.8. The van der Waals surface area contributed by atoms with Crippen molar-refractivity contribution in [1.29, 1.82) is 0 Å². The molecule has 0 spiro atoms. The smallest absolute Gasteiger partial charge is 0.123 e. The lowest BCUT2D eigenvalue weighted by Gasteiger charge is -2.14. The molecule has 0 fully saturated rings. The zero-order valence-corrected chi connectivity index (χ0v) is 12.2. The standard InChI is InChI=1S/C14H12BrClFNO/c15-10-3-6-12(16)13(7-10)18-8-14(19)9-1-4-11(17)5-2-9/h1-7,14,18-19H,8H2. The molecule has 2 aromatic rings. The third-order valence-electron chi connectivity index (χ3n) is 2.67. The summed E-state index contributed by atoms with van der Waals surface area (Å²) < 4.78 is 13.7. The Morgan fingerprint density at radius 2 is 1.89 bits per heavy atom. The lowest BCUT2D eigenvalue weighted by atomic mass is 10.1. The third-order valence-corrected chi connectivity index (χ3v) is 3.49. The van der Waals surface area contributed by atoms with Crippen LogP contribution < -0.4 is 5.32 Å². The van der Waals surface area contributed by atoms with Crippen LogP contribution in [0.1, 0.15) is 11.7 Å². The Bertz CT molecular complexity index is 562. The first kappa shape index (κ1) is 14.3. The van der Waals surface area contributed by atoms with Crippen LogP contribution in [-0.2, 0) is 0 Å². The molecule has 19 heavy (non-hydrogen) atoms. The SMILES string of the molecule is OC(CNc1cc(Br)ccc1Cl)c1ccc(F)cc1. The molecule has 5 heteroatoms. The van der Waals surface area contributed by atoms with Crippen LogP contribution in [0.4, 0.5) is 10.1 Å². The fourth-order valence-corrected chi connectivity index (χ4v) is 2.19. The van der Waals surface area contributed by atoms with Gasteiger partial charge in [-0.2, -0.15) is 0 Å². The third kappa shape index (κ3) is 3.93. The van der Waals surface area contributed by atoms with Crippen LogP contribution in [0.2, 0.25) is 5.02 Å². The van der Waals surface area contributed by atoms with Gasteiger partial charge in [-0.25, -0.2) is 4.39 Å². The topological polar surface area (TPSA) is 32.3 Å². The first-order valence-corrected chi connectivity index (χ1v) is 6.86. The van der Waals surface area contributed by atoms with Gasteiger partial charge < -0.3 is 10.4 Å². The Morgan fingerprint density at radius 1 is 1.21 bits per heavy atom. The van der Waals surface area contributed by atoms with Crippen LogP contribution in [0.5, 0.6) is 0 Å². The van der Waals surface area contributed by atoms with Crippen molar-refractivity contribution < 1.29 is 9.50 Å². The summed E-state index contributed by atoms with van der Waals surface area (Å²) in [6.07, 6.45) is -0.726. The molecule has 0 saturated heterocycles. The van der Waals surface area contributed by atoms with Crippen LogP contribution >= 0.6 is 27.5 Å². The molecule has 0 aliphatic carbocycles. The summed E-state index contributed by atoms with van der Waals surface area (Å²) in [6.45, 7) is 0.293. The van der Waals surface area contributed by atoms with Crippen LogP contribution in [0, 0.1) is 5.82 Å². The molecular formula is C14H12BrClFNO. The number of nitrogens with one attached hydrogen (secondary N) is 1. The molecule has 0 aliphatic rings. The summed E-state index contributed by atoms with van der Waals surface area (Å²) in [7, 11) is 0. The maximum Gasteiger partial charge on any atom is 0.123 e. The van der Waals surface area contributed by atoms with E-state index in [0.717, 1.165) is 10.2 Å². The summed E-state index contributed by atoms with van der Waals surface area (Å²) in [4.78, 5) is 0. The van der Waals surface area contributed by atoms with Crippen LogP contribution in [0.3, 0.4) is 0 Å². The van der Waals surface area contributed by atoms with Gasteiger partial charge in [-0.3, -0.25) is 0 Å². The van der Waals surface area contributed by atoms with E-state index in [1.54, 1.807) is 18.2 Å². The van der Waals surface area contributed by atoms with E-state index in [-0.39, 0.29) is 5.82 Å². The number of hydrogen-bond acceptors (Lipinski definition) is 2. The zero-order valence-electron chi connectivity index (χ0n) is 9.91. The highest BCUT2D eigenvalue weighted by molar-refractivity contribution is 9.10. The molecule has 1 unspecified atom stereocenters. The van der Waals surface area contributed by atoms with E-state index in [1.165, 1.54) is 12.1 Å². The molecule has 2 nitrogen and oxygen atoms in total. The van der Waals surface area contributed by atoms with Gasteiger partial charge in [-0.1, -0.05) is 39.7 Å². The van der Waals surface area contributed by atoms with Crippen molar-refractivity contribution in [3.05, 3.63) is 63.3 Å². The van der Waals surface area contributed by atoms with Crippen molar-refractivity contribution in [1.82, 2.24) is 0 Å². The van der Waals surface area contributed by atoms with Gasteiger partial charge >= 0.3 is 0 Å². The van der Waals surface area contributed by atoms with E-state index >= 15 is 0 Å². The fraction of sp³-hybridized carbons (Fsp3) is 0.143. The van der Waals surface area contributed by atoms with Crippen molar-refractivity contribution in [3.8, 4) is 0 Å². The van der Waals surface area contributed by atoms with Crippen molar-refractivity contribution >= 4 is 33.2 Å². The number of hydrogen-bond donors (Lipinski definition) is 2. The van der Waals surface area contributed by atoms with Crippen molar-refractivity contribution in [2.24, 2.45) is 0 Å². The highest BCUT2D eigenvalue weighted by atomic mass is 79.9. The lowest BCUT2D eigenvalue weighted by Crippen LogP contribution is -2.12. The van der Waals surface area contributed by atoms with E-state index in [4.69, 9.17) is 11.6 Å². The largest absolute Gasteiger partial charge is 0.387 e. The van der Waals surface area contributed by atoms with Crippen LogP contribution in [-0.4, -0.2) is 11.7 Å². The van der Waals surface area contributed by atoms with E-state index in [1.807, 2.05) is 12.1 Å². The molecule has 0 heterocycles. The number of rotatable bonds is 4. The average Bonchev–Trinajstić information content (AvgIpc) is 2.40. The number of anilines is 1. The van der Waals surface area contributed by atoms with Crippen molar-refractivity contribution in [3.63, 3.8) is 0 Å². The quantitative estimate of drug-likeness (QED) is 0.862. The van der Waals surface area contributed by atoms with Crippen molar-refractivity contribution in [2.45, 2.75) is 6.10 Å². The first-order chi connectivity index (χ1) is 9.06. The van der Waals surface area contributed by atoms with E-state index in [2.05, 4.69) is 21.2 Å². The summed E-state index contributed by atoms with van der Waals surface area (Å²) >= 11 is 9.39. The Labute approximate surface area is 124 Å². The Hall–Kier alpha value is -1.10. The summed E-state index contributed by atoms with van der Waals surface area (Å²) in [5, 5.41) is 13.6. The lowest BCUT2D eigenvalue weighted by molar-refractivity contribution is 0.191. The highest BCUT2D eigenvalue weighted by Crippen LogP contribution is 2.26. The summed E-state index contributed by atoms with van der Waals surface area (Å²) in [6, 6.07) is 11.2. The predicted octanol–water partition coefficient (Wildman–Crippen LogP) is 4.39. The minimum Gasteiger partial charge on any atom is -0.387 e. The summed E-state index contributed by atoms with van der Waals surface area (Å²) in [5.74, 6) is -0.320. The molecule has 2 aromatic carbocycles. The minimum absolute atomic E-state index is 0.293.